The van der Waals surface area contributed by atoms with Crippen LogP contribution in [0.3, 0.4) is 0 Å². The number of amides is 1. The fourth-order valence-electron chi connectivity index (χ4n) is 3.75. The van der Waals surface area contributed by atoms with Gasteiger partial charge < -0.3 is 9.80 Å². The van der Waals surface area contributed by atoms with Gasteiger partial charge in [0, 0.05) is 38.1 Å². The van der Waals surface area contributed by atoms with E-state index in [9.17, 15) is 4.79 Å². The van der Waals surface area contributed by atoms with Crippen molar-refractivity contribution in [1.82, 2.24) is 9.88 Å². The number of carbonyl (C=O) groups is 1. The van der Waals surface area contributed by atoms with Gasteiger partial charge in [0.05, 0.1) is 0 Å². The molecule has 0 bridgehead atoms. The molecule has 1 aliphatic heterocycles. The van der Waals surface area contributed by atoms with Gasteiger partial charge in [-0.3, -0.25) is 9.78 Å². The van der Waals surface area contributed by atoms with Gasteiger partial charge in [-0.2, -0.15) is 0 Å². The van der Waals surface area contributed by atoms with E-state index in [0.717, 1.165) is 31.7 Å². The van der Waals surface area contributed by atoms with Crippen LogP contribution in [-0.4, -0.2) is 28.9 Å². The molecule has 0 atom stereocenters. The third kappa shape index (κ3) is 3.91. The van der Waals surface area contributed by atoms with Crippen LogP contribution in [0.25, 0.3) is 0 Å². The minimum Gasteiger partial charge on any atom is -0.367 e. The summed E-state index contributed by atoms with van der Waals surface area (Å²) >= 11 is 0. The van der Waals surface area contributed by atoms with Gasteiger partial charge in [-0.1, -0.05) is 54.6 Å². The van der Waals surface area contributed by atoms with Crippen LogP contribution in [0.4, 0.5) is 5.69 Å². The normalized spacial score (nSPS) is 13.1. The van der Waals surface area contributed by atoms with Crippen LogP contribution in [0, 0.1) is 0 Å². The average molecular weight is 371 g/mol. The van der Waals surface area contributed by atoms with Crippen LogP contribution >= 0.6 is 0 Å². The molecular weight excluding hydrogens is 346 g/mol. The van der Waals surface area contributed by atoms with Gasteiger partial charge in [0.15, 0.2) is 0 Å². The molecule has 28 heavy (non-hydrogen) atoms. The first-order valence-corrected chi connectivity index (χ1v) is 9.85. The van der Waals surface area contributed by atoms with Gasteiger partial charge in [0.2, 0.25) is 0 Å². The topological polar surface area (TPSA) is 36.4 Å². The highest BCUT2D eigenvalue weighted by Crippen LogP contribution is 2.22. The first-order valence-electron chi connectivity index (χ1n) is 9.85. The summed E-state index contributed by atoms with van der Waals surface area (Å²) in [6.45, 7) is 5.20. The van der Waals surface area contributed by atoms with E-state index in [1.54, 1.807) is 6.20 Å². The standard InChI is InChI=1S/C24H25N3O/c1-2-26(17-19-8-4-3-5-9-19)22-12-14-25-23(16-22)24(28)27-15-13-20-10-6-7-11-21(20)18-27/h3-12,14,16H,2,13,15,17-18H2,1H3. The number of aromatic nitrogens is 1. The monoisotopic (exact) mass is 371 g/mol. The van der Waals surface area contributed by atoms with Crippen LogP contribution in [-0.2, 0) is 19.5 Å². The highest BCUT2D eigenvalue weighted by molar-refractivity contribution is 5.93. The molecule has 4 nitrogen and oxygen atoms in total. The van der Waals surface area contributed by atoms with Gasteiger partial charge >= 0.3 is 0 Å². The quantitative estimate of drug-likeness (QED) is 0.671. The second-order valence-corrected chi connectivity index (χ2v) is 7.14. The molecule has 1 aromatic heterocycles. The van der Waals surface area contributed by atoms with Crippen molar-refractivity contribution in [3.05, 3.63) is 95.3 Å². The van der Waals surface area contributed by atoms with E-state index in [4.69, 9.17) is 0 Å². The Hall–Kier alpha value is -3.14. The number of benzene rings is 2. The molecule has 0 saturated heterocycles. The predicted molar refractivity (Wildman–Crippen MR) is 112 cm³/mol. The lowest BCUT2D eigenvalue weighted by Crippen LogP contribution is -2.36. The minimum absolute atomic E-state index is 0.00659. The molecule has 4 heteroatoms. The summed E-state index contributed by atoms with van der Waals surface area (Å²) in [4.78, 5) is 21.6. The molecule has 142 valence electrons. The summed E-state index contributed by atoms with van der Waals surface area (Å²) < 4.78 is 0. The Balaban J connectivity index is 1.52. The molecule has 3 aromatic rings. The number of hydrogen-bond acceptors (Lipinski definition) is 3. The Morgan fingerprint density at radius 1 is 1.04 bits per heavy atom. The largest absolute Gasteiger partial charge is 0.367 e. The number of carbonyl (C=O) groups excluding carboxylic acids is 1. The maximum Gasteiger partial charge on any atom is 0.272 e. The van der Waals surface area contributed by atoms with E-state index >= 15 is 0 Å². The Morgan fingerprint density at radius 2 is 1.79 bits per heavy atom. The molecule has 0 radical (unpaired) electrons. The molecule has 1 aliphatic rings. The third-order valence-corrected chi connectivity index (χ3v) is 5.34. The lowest BCUT2D eigenvalue weighted by molar-refractivity contribution is 0.0729. The van der Waals surface area contributed by atoms with Crippen molar-refractivity contribution in [2.24, 2.45) is 0 Å². The Labute approximate surface area is 166 Å². The summed E-state index contributed by atoms with van der Waals surface area (Å²) in [6.07, 6.45) is 2.64. The third-order valence-electron chi connectivity index (χ3n) is 5.34. The number of pyridine rings is 1. The zero-order chi connectivity index (χ0) is 19.3. The summed E-state index contributed by atoms with van der Waals surface area (Å²) in [6, 6.07) is 22.7. The fraction of sp³-hybridized carbons (Fsp3) is 0.250. The molecule has 2 heterocycles. The smallest absolute Gasteiger partial charge is 0.272 e. The van der Waals surface area contributed by atoms with Crippen molar-refractivity contribution < 1.29 is 4.79 Å². The molecule has 0 aliphatic carbocycles. The summed E-state index contributed by atoms with van der Waals surface area (Å²) in [7, 11) is 0. The van der Waals surface area contributed by atoms with Crippen molar-refractivity contribution >= 4 is 11.6 Å². The molecule has 1 amide bonds. The van der Waals surface area contributed by atoms with E-state index in [1.165, 1.54) is 16.7 Å². The Bertz CT molecular complexity index is 955. The summed E-state index contributed by atoms with van der Waals surface area (Å²) in [5.74, 6) is 0.00659. The van der Waals surface area contributed by atoms with Crippen molar-refractivity contribution in [2.75, 3.05) is 18.0 Å². The lowest BCUT2D eigenvalue weighted by atomic mass is 10.00. The van der Waals surface area contributed by atoms with Crippen molar-refractivity contribution in [2.45, 2.75) is 26.4 Å². The Kier molecular flexibility index (Phi) is 5.38. The van der Waals surface area contributed by atoms with E-state index in [0.29, 0.717) is 12.2 Å². The number of anilines is 1. The van der Waals surface area contributed by atoms with Gasteiger partial charge in [0.1, 0.15) is 5.69 Å². The number of fused-ring (bicyclic) bond motifs is 1. The van der Waals surface area contributed by atoms with E-state index in [-0.39, 0.29) is 5.91 Å². The second kappa shape index (κ2) is 8.26. The van der Waals surface area contributed by atoms with Gasteiger partial charge in [0.25, 0.3) is 5.91 Å². The first-order chi connectivity index (χ1) is 13.7. The van der Waals surface area contributed by atoms with Crippen LogP contribution in [0.5, 0.6) is 0 Å². The Morgan fingerprint density at radius 3 is 2.57 bits per heavy atom. The molecule has 0 saturated carbocycles. The number of hydrogen-bond donors (Lipinski definition) is 0. The van der Waals surface area contributed by atoms with Gasteiger partial charge in [-0.15, -0.1) is 0 Å². The van der Waals surface area contributed by atoms with Crippen molar-refractivity contribution in [3.8, 4) is 0 Å². The second-order valence-electron chi connectivity index (χ2n) is 7.14. The maximum absolute atomic E-state index is 13.1. The summed E-state index contributed by atoms with van der Waals surface area (Å²) in [5.41, 5.74) is 5.37. The SMILES string of the molecule is CCN(Cc1ccccc1)c1ccnc(C(=O)N2CCc3ccccc3C2)c1. The van der Waals surface area contributed by atoms with E-state index in [1.807, 2.05) is 29.2 Å². The minimum atomic E-state index is 0.00659. The van der Waals surface area contributed by atoms with Gasteiger partial charge in [-0.25, -0.2) is 0 Å². The maximum atomic E-state index is 13.1. The van der Waals surface area contributed by atoms with Crippen LogP contribution in [0.15, 0.2) is 72.9 Å². The molecular formula is C24H25N3O. The van der Waals surface area contributed by atoms with Crippen molar-refractivity contribution in [3.63, 3.8) is 0 Å². The first kappa shape index (κ1) is 18.2. The van der Waals surface area contributed by atoms with E-state index < -0.39 is 0 Å². The molecule has 0 unspecified atom stereocenters. The molecule has 0 fully saturated rings. The average Bonchev–Trinajstić information content (AvgIpc) is 2.77. The predicted octanol–water partition coefficient (Wildman–Crippen LogP) is 4.31. The lowest BCUT2D eigenvalue weighted by Gasteiger charge is -2.29. The van der Waals surface area contributed by atoms with Crippen LogP contribution in [0.2, 0.25) is 0 Å². The van der Waals surface area contributed by atoms with Gasteiger partial charge in [-0.05, 0) is 42.2 Å². The zero-order valence-corrected chi connectivity index (χ0v) is 16.2. The molecule has 4 rings (SSSR count). The summed E-state index contributed by atoms with van der Waals surface area (Å²) in [5, 5.41) is 0. The molecule has 0 spiro atoms. The van der Waals surface area contributed by atoms with Crippen LogP contribution < -0.4 is 4.90 Å². The number of rotatable bonds is 5. The number of nitrogens with zero attached hydrogens (tertiary/aromatic N) is 3. The zero-order valence-electron chi connectivity index (χ0n) is 16.2. The highest BCUT2D eigenvalue weighted by atomic mass is 16.2. The fourth-order valence-corrected chi connectivity index (χ4v) is 3.75. The molecule has 0 N–H and O–H groups in total. The molecule has 2 aromatic carbocycles. The van der Waals surface area contributed by atoms with E-state index in [2.05, 4.69) is 59.3 Å². The van der Waals surface area contributed by atoms with Crippen molar-refractivity contribution in [1.29, 1.82) is 0 Å². The van der Waals surface area contributed by atoms with Crippen LogP contribution in [0.1, 0.15) is 34.1 Å². The highest BCUT2D eigenvalue weighted by Gasteiger charge is 2.23.